The Morgan fingerprint density at radius 3 is 1.38 bits per heavy atom. The van der Waals surface area contributed by atoms with Crippen molar-refractivity contribution in [2.75, 3.05) is 92.6 Å². The molecule has 0 amide bonds. The lowest BCUT2D eigenvalue weighted by atomic mass is 10.2. The van der Waals surface area contributed by atoms with Gasteiger partial charge in [0.1, 0.15) is 0 Å². The van der Waals surface area contributed by atoms with E-state index in [0.717, 1.165) is 65.2 Å². The topological polar surface area (TPSA) is 105 Å². The lowest BCUT2D eigenvalue weighted by Gasteiger charge is -2.31. The Balaban J connectivity index is 2.57. The van der Waals surface area contributed by atoms with Crippen LogP contribution in [0.2, 0.25) is 0 Å². The zero-order chi connectivity index (χ0) is 19.4. The molecule has 8 heteroatoms. The highest BCUT2D eigenvalue weighted by atomic mass is 16.3. The number of nitrogens with two attached hydrogens (primary N) is 2. The average Bonchev–Trinajstić information content (AvgIpc) is 2.62. The third-order valence-corrected chi connectivity index (χ3v) is 5.11. The first-order valence-corrected chi connectivity index (χ1v) is 10.0. The van der Waals surface area contributed by atoms with Gasteiger partial charge in [-0.1, -0.05) is 0 Å². The van der Waals surface area contributed by atoms with Crippen molar-refractivity contribution in [2.24, 2.45) is 11.5 Å². The number of β-amino-alcohol motifs (C(OH)–C–C–N with tert-alkyl or cyclic N) is 2. The lowest BCUT2D eigenvalue weighted by Crippen LogP contribution is -2.44. The number of aliphatic hydroxyl groups excluding tert-OH is 2. The molecule has 0 aliphatic carbocycles. The van der Waals surface area contributed by atoms with E-state index in [1.807, 2.05) is 0 Å². The Bertz CT molecular complexity index is 318. The summed E-state index contributed by atoms with van der Waals surface area (Å²) in [6.07, 6.45) is 1.25. The van der Waals surface area contributed by atoms with Crippen LogP contribution in [0.15, 0.2) is 0 Å². The highest BCUT2D eigenvalue weighted by molar-refractivity contribution is 4.71. The van der Waals surface area contributed by atoms with E-state index in [4.69, 9.17) is 11.5 Å². The van der Waals surface area contributed by atoms with Crippen LogP contribution in [0.4, 0.5) is 0 Å². The predicted molar refractivity (Wildman–Crippen MR) is 107 cm³/mol. The van der Waals surface area contributed by atoms with Crippen LogP contribution in [0, 0.1) is 0 Å². The van der Waals surface area contributed by atoms with Gasteiger partial charge in [0.25, 0.3) is 0 Å². The van der Waals surface area contributed by atoms with Crippen molar-refractivity contribution >= 4 is 0 Å². The molecule has 0 radical (unpaired) electrons. The normalized spacial score (nSPS) is 24.2. The van der Waals surface area contributed by atoms with Gasteiger partial charge in [0, 0.05) is 52.4 Å². The second-order valence-corrected chi connectivity index (χ2v) is 7.69. The quantitative estimate of drug-likeness (QED) is 0.419. The van der Waals surface area contributed by atoms with Crippen LogP contribution in [0.1, 0.15) is 12.8 Å². The minimum absolute atomic E-state index is 0.316. The van der Waals surface area contributed by atoms with Crippen molar-refractivity contribution in [1.82, 2.24) is 19.6 Å². The molecule has 6 N–H and O–H groups in total. The van der Waals surface area contributed by atoms with E-state index in [1.54, 1.807) is 0 Å². The molecule has 1 fully saturated rings. The van der Waals surface area contributed by atoms with Gasteiger partial charge in [-0.2, -0.15) is 0 Å². The highest BCUT2D eigenvalue weighted by Gasteiger charge is 2.15. The third kappa shape index (κ3) is 10.7. The molecule has 0 spiro atoms. The summed E-state index contributed by atoms with van der Waals surface area (Å²) in [6.45, 7) is 9.81. The summed E-state index contributed by atoms with van der Waals surface area (Å²) in [6, 6.07) is 0. The Kier molecular flexibility index (Phi) is 12.6. The first-order chi connectivity index (χ1) is 12.4. The smallest absolute Gasteiger partial charge is 0.0789 e. The van der Waals surface area contributed by atoms with E-state index in [2.05, 4.69) is 33.7 Å². The van der Waals surface area contributed by atoms with Gasteiger partial charge < -0.3 is 31.5 Å². The van der Waals surface area contributed by atoms with Crippen LogP contribution in [0.5, 0.6) is 0 Å². The van der Waals surface area contributed by atoms with Crippen molar-refractivity contribution in [3.8, 4) is 0 Å². The monoisotopic (exact) mass is 374 g/mol. The standard InChI is InChI=1S/C18H42N6O2/c1-21-5-3-7-24(16-18(26)14-20)12-10-22(2)6-4-8-23(11-9-21)15-17(25)13-19/h17-18,25-26H,3-16,19-20H2,1-2H3. The number of hydrogen-bond acceptors (Lipinski definition) is 8. The van der Waals surface area contributed by atoms with E-state index in [0.29, 0.717) is 26.2 Å². The zero-order valence-corrected chi connectivity index (χ0v) is 16.9. The summed E-state index contributed by atoms with van der Waals surface area (Å²) in [7, 11) is 4.30. The van der Waals surface area contributed by atoms with Crippen molar-refractivity contribution in [3.05, 3.63) is 0 Å². The van der Waals surface area contributed by atoms with Gasteiger partial charge in [-0.05, 0) is 53.1 Å². The van der Waals surface area contributed by atoms with Crippen LogP contribution < -0.4 is 11.5 Å². The van der Waals surface area contributed by atoms with E-state index in [-0.39, 0.29) is 0 Å². The van der Waals surface area contributed by atoms with Crippen molar-refractivity contribution < 1.29 is 10.2 Å². The maximum Gasteiger partial charge on any atom is 0.0789 e. The molecule has 0 aromatic heterocycles. The van der Waals surface area contributed by atoms with E-state index in [9.17, 15) is 10.2 Å². The Hall–Kier alpha value is -0.320. The van der Waals surface area contributed by atoms with Crippen LogP contribution in [-0.4, -0.2) is 135 Å². The minimum Gasteiger partial charge on any atom is -0.390 e. The summed E-state index contributed by atoms with van der Waals surface area (Å²) < 4.78 is 0. The number of likely N-dealkylation sites (N-methyl/N-ethyl adjacent to an activating group) is 2. The van der Waals surface area contributed by atoms with Gasteiger partial charge >= 0.3 is 0 Å². The van der Waals surface area contributed by atoms with Gasteiger partial charge in [0.2, 0.25) is 0 Å². The van der Waals surface area contributed by atoms with Crippen molar-refractivity contribution in [1.29, 1.82) is 0 Å². The largest absolute Gasteiger partial charge is 0.390 e. The van der Waals surface area contributed by atoms with Crippen LogP contribution >= 0.6 is 0 Å². The molecule has 156 valence electrons. The Morgan fingerprint density at radius 1 is 0.654 bits per heavy atom. The number of aliphatic hydroxyl groups is 2. The second-order valence-electron chi connectivity index (χ2n) is 7.69. The summed E-state index contributed by atoms with van der Waals surface area (Å²) in [5.74, 6) is 0. The van der Waals surface area contributed by atoms with Crippen LogP contribution in [0.25, 0.3) is 0 Å². The summed E-state index contributed by atoms with van der Waals surface area (Å²) in [4.78, 5) is 9.35. The first-order valence-electron chi connectivity index (χ1n) is 10.0. The van der Waals surface area contributed by atoms with E-state index < -0.39 is 12.2 Å². The summed E-state index contributed by atoms with van der Waals surface area (Å²) in [5, 5.41) is 19.8. The molecule has 0 bridgehead atoms. The van der Waals surface area contributed by atoms with E-state index >= 15 is 0 Å². The minimum atomic E-state index is -0.445. The summed E-state index contributed by atoms with van der Waals surface area (Å²) >= 11 is 0. The van der Waals surface area contributed by atoms with Gasteiger partial charge in [-0.15, -0.1) is 0 Å². The van der Waals surface area contributed by atoms with Gasteiger partial charge in [0.15, 0.2) is 0 Å². The fourth-order valence-electron chi connectivity index (χ4n) is 3.31. The molecule has 8 nitrogen and oxygen atoms in total. The Morgan fingerprint density at radius 2 is 1.04 bits per heavy atom. The second kappa shape index (κ2) is 13.8. The SMILES string of the molecule is CN1CCCN(CC(O)CN)CCN(C)CCCN(CC(O)CN)CC1. The molecular formula is C18H42N6O2. The van der Waals surface area contributed by atoms with Crippen LogP contribution in [-0.2, 0) is 0 Å². The first kappa shape index (κ1) is 23.7. The molecule has 2 unspecified atom stereocenters. The van der Waals surface area contributed by atoms with Crippen molar-refractivity contribution in [3.63, 3.8) is 0 Å². The molecule has 1 aliphatic heterocycles. The highest BCUT2D eigenvalue weighted by Crippen LogP contribution is 2.02. The maximum atomic E-state index is 9.89. The molecule has 26 heavy (non-hydrogen) atoms. The van der Waals surface area contributed by atoms with Crippen molar-refractivity contribution in [2.45, 2.75) is 25.0 Å². The average molecular weight is 375 g/mol. The molecule has 1 rings (SSSR count). The lowest BCUT2D eigenvalue weighted by molar-refractivity contribution is 0.0971. The molecule has 0 aromatic carbocycles. The maximum absolute atomic E-state index is 9.89. The summed E-state index contributed by atoms with van der Waals surface area (Å²) in [5.41, 5.74) is 11.2. The van der Waals surface area contributed by atoms with E-state index in [1.165, 1.54) is 0 Å². The van der Waals surface area contributed by atoms with Crippen LogP contribution in [0.3, 0.4) is 0 Å². The number of hydrogen-bond donors (Lipinski definition) is 4. The molecule has 1 heterocycles. The van der Waals surface area contributed by atoms with Gasteiger partial charge in [-0.25, -0.2) is 0 Å². The molecule has 2 atom stereocenters. The molecular weight excluding hydrogens is 332 g/mol. The van der Waals surface area contributed by atoms with Gasteiger partial charge in [-0.3, -0.25) is 9.80 Å². The molecule has 0 aromatic rings. The Labute approximate surface area is 159 Å². The fourth-order valence-corrected chi connectivity index (χ4v) is 3.31. The number of nitrogens with zero attached hydrogens (tertiary/aromatic N) is 4. The number of rotatable bonds is 6. The molecule has 1 saturated heterocycles. The molecule has 1 aliphatic rings. The van der Waals surface area contributed by atoms with Gasteiger partial charge in [0.05, 0.1) is 12.2 Å². The fraction of sp³-hybridized carbons (Fsp3) is 1.00. The third-order valence-electron chi connectivity index (χ3n) is 5.11. The predicted octanol–water partition coefficient (Wildman–Crippen LogP) is -2.11. The zero-order valence-electron chi connectivity index (χ0n) is 16.9. The molecule has 0 saturated carbocycles.